The lowest BCUT2D eigenvalue weighted by atomic mass is 10.1. The number of hydrogen-bond donors (Lipinski definition) is 0. The van der Waals surface area contributed by atoms with Crippen LogP contribution in [0.15, 0.2) is 12.4 Å². The Bertz CT molecular complexity index is 543. The van der Waals surface area contributed by atoms with Crippen molar-refractivity contribution in [2.75, 3.05) is 0 Å². The van der Waals surface area contributed by atoms with Crippen LogP contribution in [0.2, 0.25) is 0 Å². The second kappa shape index (κ2) is 5.29. The second-order valence-corrected chi connectivity index (χ2v) is 4.63. The highest BCUT2D eigenvalue weighted by atomic mass is 15.3. The minimum atomic E-state index is 0.834. The maximum absolute atomic E-state index is 4.61. The molecular weight excluding hydrogens is 224 g/mol. The Balaban J connectivity index is 2.44. The van der Waals surface area contributed by atoms with Gasteiger partial charge in [-0.15, -0.1) is 0 Å². The summed E-state index contributed by atoms with van der Waals surface area (Å²) in [6.07, 6.45) is 6.92. The fraction of sp³-hybridized carbons (Fsp3) is 0.500. The Morgan fingerprint density at radius 2 is 1.78 bits per heavy atom. The Morgan fingerprint density at radius 3 is 2.44 bits per heavy atom. The van der Waals surface area contributed by atoms with Crippen LogP contribution in [0.5, 0.6) is 0 Å². The normalized spacial score (nSPS) is 10.9. The molecule has 0 saturated carbocycles. The first kappa shape index (κ1) is 12.7. The third-order valence-electron chi connectivity index (χ3n) is 3.28. The summed E-state index contributed by atoms with van der Waals surface area (Å²) in [6, 6.07) is 0. The smallest absolute Gasteiger partial charge is 0.175 e. The highest BCUT2D eigenvalue weighted by Gasteiger charge is 2.14. The molecule has 4 nitrogen and oxygen atoms in total. The second-order valence-electron chi connectivity index (χ2n) is 4.63. The molecule has 2 aromatic heterocycles. The van der Waals surface area contributed by atoms with Crippen molar-refractivity contribution < 1.29 is 0 Å². The average Bonchev–Trinajstić information content (AvgIpc) is 2.63. The van der Waals surface area contributed by atoms with Crippen molar-refractivity contribution in [3.05, 3.63) is 35.0 Å². The zero-order valence-corrected chi connectivity index (χ0v) is 11.6. The zero-order chi connectivity index (χ0) is 13.1. The van der Waals surface area contributed by atoms with Gasteiger partial charge in [-0.2, -0.15) is 5.10 Å². The van der Waals surface area contributed by atoms with E-state index in [4.69, 9.17) is 0 Å². The van der Waals surface area contributed by atoms with Gasteiger partial charge in [0.15, 0.2) is 5.82 Å². The highest BCUT2D eigenvalue weighted by Crippen LogP contribution is 2.19. The van der Waals surface area contributed by atoms with Gasteiger partial charge >= 0.3 is 0 Å². The van der Waals surface area contributed by atoms with Crippen molar-refractivity contribution in [1.82, 2.24) is 19.7 Å². The molecule has 0 saturated heterocycles. The van der Waals surface area contributed by atoms with Gasteiger partial charge in [0.05, 0.1) is 11.4 Å². The Kier molecular flexibility index (Phi) is 3.75. The number of rotatable bonds is 4. The first-order valence-corrected chi connectivity index (χ1v) is 6.48. The fourth-order valence-electron chi connectivity index (χ4n) is 2.20. The molecule has 0 bridgehead atoms. The van der Waals surface area contributed by atoms with Crippen molar-refractivity contribution >= 4 is 0 Å². The molecule has 0 amide bonds. The van der Waals surface area contributed by atoms with E-state index in [-0.39, 0.29) is 0 Å². The lowest BCUT2D eigenvalue weighted by Crippen LogP contribution is -2.05. The van der Waals surface area contributed by atoms with Crippen LogP contribution in [-0.4, -0.2) is 19.7 Å². The van der Waals surface area contributed by atoms with E-state index in [0.717, 1.165) is 23.6 Å². The van der Waals surface area contributed by atoms with Crippen LogP contribution in [0.25, 0.3) is 5.82 Å². The van der Waals surface area contributed by atoms with Gasteiger partial charge in [-0.3, -0.25) is 4.98 Å². The maximum Gasteiger partial charge on any atom is 0.175 e. The fourth-order valence-corrected chi connectivity index (χ4v) is 2.20. The molecule has 0 aromatic carbocycles. The molecule has 0 atom stereocenters. The molecule has 0 spiro atoms. The third-order valence-corrected chi connectivity index (χ3v) is 3.28. The van der Waals surface area contributed by atoms with Gasteiger partial charge in [-0.25, -0.2) is 9.67 Å². The Morgan fingerprint density at radius 1 is 1.06 bits per heavy atom. The van der Waals surface area contributed by atoms with Gasteiger partial charge in [-0.1, -0.05) is 13.3 Å². The molecule has 0 aliphatic rings. The summed E-state index contributed by atoms with van der Waals surface area (Å²) < 4.78 is 1.92. The number of unbranched alkanes of at least 4 members (excludes halogenated alkanes) is 1. The third kappa shape index (κ3) is 2.28. The quantitative estimate of drug-likeness (QED) is 0.830. The van der Waals surface area contributed by atoms with Crippen LogP contribution < -0.4 is 0 Å². The average molecular weight is 244 g/mol. The van der Waals surface area contributed by atoms with E-state index >= 15 is 0 Å². The monoisotopic (exact) mass is 244 g/mol. The van der Waals surface area contributed by atoms with E-state index < -0.39 is 0 Å². The summed E-state index contributed by atoms with van der Waals surface area (Å²) in [5.74, 6) is 0.834. The number of aryl methyl sites for hydroxylation is 2. The van der Waals surface area contributed by atoms with E-state index in [1.165, 1.54) is 24.1 Å². The highest BCUT2D eigenvalue weighted by molar-refractivity contribution is 5.34. The summed E-state index contributed by atoms with van der Waals surface area (Å²) >= 11 is 0. The molecular formula is C14H20N4. The van der Waals surface area contributed by atoms with Crippen LogP contribution >= 0.6 is 0 Å². The molecule has 2 rings (SSSR count). The van der Waals surface area contributed by atoms with Crippen LogP contribution in [-0.2, 0) is 6.42 Å². The van der Waals surface area contributed by atoms with Gasteiger partial charge in [0.25, 0.3) is 0 Å². The number of hydrogen-bond acceptors (Lipinski definition) is 3. The molecule has 0 aliphatic carbocycles. The number of nitrogens with zero attached hydrogens (tertiary/aromatic N) is 4. The van der Waals surface area contributed by atoms with E-state index in [2.05, 4.69) is 35.8 Å². The summed E-state index contributed by atoms with van der Waals surface area (Å²) in [5, 5.41) is 4.61. The van der Waals surface area contributed by atoms with E-state index in [0.29, 0.717) is 0 Å². The molecule has 0 fully saturated rings. The predicted molar refractivity (Wildman–Crippen MR) is 72.0 cm³/mol. The van der Waals surface area contributed by atoms with Crippen molar-refractivity contribution in [2.24, 2.45) is 0 Å². The van der Waals surface area contributed by atoms with Crippen molar-refractivity contribution in [1.29, 1.82) is 0 Å². The molecule has 18 heavy (non-hydrogen) atoms. The van der Waals surface area contributed by atoms with Gasteiger partial charge < -0.3 is 0 Å². The van der Waals surface area contributed by atoms with E-state index in [9.17, 15) is 0 Å². The predicted octanol–water partition coefficient (Wildman–Crippen LogP) is 2.93. The molecule has 2 aromatic rings. The van der Waals surface area contributed by atoms with Crippen molar-refractivity contribution in [2.45, 2.75) is 47.0 Å². The summed E-state index contributed by atoms with van der Waals surface area (Å²) in [6.45, 7) is 8.35. The van der Waals surface area contributed by atoms with Crippen LogP contribution in [0.4, 0.5) is 0 Å². The molecule has 96 valence electrons. The maximum atomic E-state index is 4.61. The van der Waals surface area contributed by atoms with Crippen LogP contribution in [0, 0.1) is 20.8 Å². The van der Waals surface area contributed by atoms with Gasteiger partial charge in [0.2, 0.25) is 0 Å². The molecule has 0 N–H and O–H groups in total. The molecule has 0 radical (unpaired) electrons. The standard InChI is InChI=1S/C14H20N4/c1-5-6-7-13-10(2)17-18(12(13)4)14-11(3)15-8-9-16-14/h8-9H,5-7H2,1-4H3. The molecule has 0 aliphatic heterocycles. The molecule has 0 unspecified atom stereocenters. The first-order valence-electron chi connectivity index (χ1n) is 6.48. The van der Waals surface area contributed by atoms with Crippen LogP contribution in [0.1, 0.15) is 42.4 Å². The Labute approximate surface area is 108 Å². The van der Waals surface area contributed by atoms with Gasteiger partial charge in [0, 0.05) is 18.1 Å². The summed E-state index contributed by atoms with van der Waals surface area (Å²) in [4.78, 5) is 8.66. The van der Waals surface area contributed by atoms with Crippen molar-refractivity contribution in [3.63, 3.8) is 0 Å². The van der Waals surface area contributed by atoms with Crippen LogP contribution in [0.3, 0.4) is 0 Å². The lowest BCUT2D eigenvalue weighted by molar-refractivity contribution is 0.775. The first-order chi connectivity index (χ1) is 8.65. The minimum Gasteiger partial charge on any atom is -0.256 e. The Hall–Kier alpha value is -1.71. The van der Waals surface area contributed by atoms with Gasteiger partial charge in [0.1, 0.15) is 0 Å². The minimum absolute atomic E-state index is 0.834. The topological polar surface area (TPSA) is 43.6 Å². The summed E-state index contributed by atoms with van der Waals surface area (Å²) in [7, 11) is 0. The largest absolute Gasteiger partial charge is 0.256 e. The molecule has 2 heterocycles. The SMILES string of the molecule is CCCCc1c(C)nn(-c2nccnc2C)c1C. The van der Waals surface area contributed by atoms with E-state index in [1.54, 1.807) is 12.4 Å². The van der Waals surface area contributed by atoms with Gasteiger partial charge in [-0.05, 0) is 39.2 Å². The van der Waals surface area contributed by atoms with E-state index in [1.807, 2.05) is 11.6 Å². The number of aromatic nitrogens is 4. The lowest BCUT2D eigenvalue weighted by Gasteiger charge is -2.06. The molecule has 4 heteroatoms. The summed E-state index contributed by atoms with van der Waals surface area (Å²) in [5.41, 5.74) is 4.54. The van der Waals surface area contributed by atoms with Crippen molar-refractivity contribution in [3.8, 4) is 5.82 Å². The zero-order valence-electron chi connectivity index (χ0n) is 11.6.